The number of carbonyl (C=O) groups is 1. The standard InChI is InChI=1S/C22H18N6O/c1-2-27-20-6-4-3-5-18(20)19-13-16(9-12-21(19)27)24-22(29)15-7-10-17(11-8-15)28-14-23-25-26-28/h3-14H,2H2,1H3,(H,24,29). The van der Waals surface area contributed by atoms with Gasteiger partial charge in [0.25, 0.3) is 5.91 Å². The molecule has 0 aliphatic carbocycles. The Bertz CT molecular complexity index is 1320. The molecule has 0 aliphatic rings. The van der Waals surface area contributed by atoms with E-state index in [1.54, 1.807) is 16.8 Å². The first-order valence-corrected chi connectivity index (χ1v) is 9.40. The number of hydrogen-bond acceptors (Lipinski definition) is 4. The van der Waals surface area contributed by atoms with E-state index in [1.807, 2.05) is 30.3 Å². The van der Waals surface area contributed by atoms with E-state index < -0.39 is 0 Å². The highest BCUT2D eigenvalue weighted by molar-refractivity contribution is 6.11. The highest BCUT2D eigenvalue weighted by atomic mass is 16.1. The monoisotopic (exact) mass is 382 g/mol. The zero-order valence-electron chi connectivity index (χ0n) is 15.8. The van der Waals surface area contributed by atoms with Crippen molar-refractivity contribution in [2.75, 3.05) is 5.32 Å². The fourth-order valence-corrected chi connectivity index (χ4v) is 3.72. The van der Waals surface area contributed by atoms with E-state index >= 15 is 0 Å². The van der Waals surface area contributed by atoms with Gasteiger partial charge in [-0.15, -0.1) is 5.10 Å². The number of carbonyl (C=O) groups excluding carboxylic acids is 1. The zero-order chi connectivity index (χ0) is 19.8. The van der Waals surface area contributed by atoms with E-state index in [-0.39, 0.29) is 5.91 Å². The van der Waals surface area contributed by atoms with Crippen LogP contribution in [0, 0.1) is 0 Å². The molecule has 0 spiro atoms. The maximum atomic E-state index is 12.7. The van der Waals surface area contributed by atoms with Gasteiger partial charge in [0, 0.05) is 39.6 Å². The number of amides is 1. The molecule has 0 bridgehead atoms. The molecule has 29 heavy (non-hydrogen) atoms. The summed E-state index contributed by atoms with van der Waals surface area (Å²) in [6, 6.07) is 21.5. The third-order valence-electron chi connectivity index (χ3n) is 5.09. The predicted molar refractivity (Wildman–Crippen MR) is 112 cm³/mol. The molecule has 7 nitrogen and oxygen atoms in total. The average Bonchev–Trinajstić information content (AvgIpc) is 3.40. The summed E-state index contributed by atoms with van der Waals surface area (Å²) in [4.78, 5) is 12.7. The van der Waals surface area contributed by atoms with Gasteiger partial charge in [-0.3, -0.25) is 4.79 Å². The van der Waals surface area contributed by atoms with Crippen LogP contribution in [0.3, 0.4) is 0 Å². The number of benzene rings is 3. The van der Waals surface area contributed by atoms with Gasteiger partial charge in [-0.1, -0.05) is 18.2 Å². The number of aromatic nitrogens is 5. The smallest absolute Gasteiger partial charge is 0.255 e. The minimum absolute atomic E-state index is 0.160. The van der Waals surface area contributed by atoms with Crippen molar-refractivity contribution in [2.24, 2.45) is 0 Å². The van der Waals surface area contributed by atoms with Crippen LogP contribution < -0.4 is 5.32 Å². The lowest BCUT2D eigenvalue weighted by Crippen LogP contribution is -2.12. The Labute approximate surface area is 166 Å². The lowest BCUT2D eigenvalue weighted by Gasteiger charge is -2.07. The second-order valence-corrected chi connectivity index (χ2v) is 6.75. The summed E-state index contributed by atoms with van der Waals surface area (Å²) in [5, 5.41) is 16.4. The number of para-hydroxylation sites is 1. The average molecular weight is 382 g/mol. The van der Waals surface area contributed by atoms with Crippen LogP contribution in [0.5, 0.6) is 0 Å². The van der Waals surface area contributed by atoms with E-state index in [0.29, 0.717) is 5.56 Å². The highest BCUT2D eigenvalue weighted by Gasteiger charge is 2.12. The van der Waals surface area contributed by atoms with Crippen LogP contribution in [0.25, 0.3) is 27.5 Å². The summed E-state index contributed by atoms with van der Waals surface area (Å²) in [7, 11) is 0. The minimum atomic E-state index is -0.160. The van der Waals surface area contributed by atoms with Crippen LogP contribution in [-0.2, 0) is 6.54 Å². The number of hydrogen-bond donors (Lipinski definition) is 1. The number of aryl methyl sites for hydroxylation is 1. The molecule has 0 aliphatic heterocycles. The molecule has 1 N–H and O–H groups in total. The molecular weight excluding hydrogens is 364 g/mol. The van der Waals surface area contributed by atoms with Gasteiger partial charge < -0.3 is 9.88 Å². The van der Waals surface area contributed by atoms with Gasteiger partial charge in [-0.2, -0.15) is 0 Å². The van der Waals surface area contributed by atoms with Crippen molar-refractivity contribution in [3.8, 4) is 5.69 Å². The summed E-state index contributed by atoms with van der Waals surface area (Å²) in [6.07, 6.45) is 1.51. The first-order chi connectivity index (χ1) is 14.2. The van der Waals surface area contributed by atoms with Gasteiger partial charge in [0.1, 0.15) is 6.33 Å². The van der Waals surface area contributed by atoms with Crippen LogP contribution in [0.1, 0.15) is 17.3 Å². The van der Waals surface area contributed by atoms with Gasteiger partial charge >= 0.3 is 0 Å². The third-order valence-corrected chi connectivity index (χ3v) is 5.09. The molecule has 7 heteroatoms. The first-order valence-electron chi connectivity index (χ1n) is 9.40. The van der Waals surface area contributed by atoms with Crippen LogP contribution in [0.4, 0.5) is 5.69 Å². The predicted octanol–water partition coefficient (Wildman–Crippen LogP) is 4.04. The molecule has 3 aromatic carbocycles. The lowest BCUT2D eigenvalue weighted by atomic mass is 10.1. The Morgan fingerprint density at radius 1 is 0.966 bits per heavy atom. The number of anilines is 1. The van der Waals surface area contributed by atoms with Gasteiger partial charge in [0.2, 0.25) is 0 Å². The van der Waals surface area contributed by atoms with E-state index in [2.05, 4.69) is 56.6 Å². The molecule has 5 aromatic rings. The first kappa shape index (κ1) is 17.1. The van der Waals surface area contributed by atoms with Gasteiger partial charge in [0.05, 0.1) is 5.69 Å². The van der Waals surface area contributed by atoms with Crippen molar-refractivity contribution in [3.63, 3.8) is 0 Å². The third kappa shape index (κ3) is 2.93. The van der Waals surface area contributed by atoms with E-state index in [4.69, 9.17) is 0 Å². The minimum Gasteiger partial charge on any atom is -0.341 e. The lowest BCUT2D eigenvalue weighted by molar-refractivity contribution is 0.102. The number of nitrogens with zero attached hydrogens (tertiary/aromatic N) is 5. The van der Waals surface area contributed by atoms with E-state index in [1.165, 1.54) is 17.2 Å². The molecule has 142 valence electrons. The molecule has 0 saturated heterocycles. The van der Waals surface area contributed by atoms with Crippen molar-refractivity contribution in [2.45, 2.75) is 13.5 Å². The van der Waals surface area contributed by atoms with E-state index in [9.17, 15) is 4.79 Å². The normalized spacial score (nSPS) is 11.2. The molecule has 2 heterocycles. The van der Waals surface area contributed by atoms with Gasteiger partial charge in [0.15, 0.2) is 0 Å². The van der Waals surface area contributed by atoms with Crippen molar-refractivity contribution >= 4 is 33.4 Å². The largest absolute Gasteiger partial charge is 0.341 e. The van der Waals surface area contributed by atoms with Crippen LogP contribution in [-0.4, -0.2) is 30.7 Å². The van der Waals surface area contributed by atoms with Crippen molar-refractivity contribution in [1.82, 2.24) is 24.8 Å². The fourth-order valence-electron chi connectivity index (χ4n) is 3.72. The second-order valence-electron chi connectivity index (χ2n) is 6.75. The molecule has 0 fully saturated rings. The molecule has 1 amide bonds. The fraction of sp³-hybridized carbons (Fsp3) is 0.0909. The van der Waals surface area contributed by atoms with Crippen molar-refractivity contribution in [1.29, 1.82) is 0 Å². The molecule has 0 radical (unpaired) electrons. The summed E-state index contributed by atoms with van der Waals surface area (Å²) in [6.45, 7) is 3.03. The highest BCUT2D eigenvalue weighted by Crippen LogP contribution is 2.31. The van der Waals surface area contributed by atoms with Crippen molar-refractivity contribution in [3.05, 3.63) is 78.6 Å². The summed E-state index contributed by atoms with van der Waals surface area (Å²) in [5.74, 6) is -0.160. The van der Waals surface area contributed by atoms with E-state index in [0.717, 1.165) is 28.8 Å². The Hall–Kier alpha value is -4.00. The van der Waals surface area contributed by atoms with Gasteiger partial charge in [-0.25, -0.2) is 4.68 Å². The molecule has 2 aromatic heterocycles. The van der Waals surface area contributed by atoms with Crippen LogP contribution >= 0.6 is 0 Å². The number of fused-ring (bicyclic) bond motifs is 3. The summed E-state index contributed by atoms with van der Waals surface area (Å²) >= 11 is 0. The topological polar surface area (TPSA) is 77.6 Å². The maximum absolute atomic E-state index is 12.7. The Morgan fingerprint density at radius 3 is 2.52 bits per heavy atom. The summed E-state index contributed by atoms with van der Waals surface area (Å²) < 4.78 is 3.83. The molecule has 0 unspecified atom stereocenters. The van der Waals surface area contributed by atoms with Crippen LogP contribution in [0.15, 0.2) is 73.1 Å². The van der Waals surface area contributed by atoms with Crippen LogP contribution in [0.2, 0.25) is 0 Å². The maximum Gasteiger partial charge on any atom is 0.255 e. The Balaban J connectivity index is 1.45. The zero-order valence-corrected chi connectivity index (χ0v) is 15.8. The molecular formula is C22H18N6O. The quantitative estimate of drug-likeness (QED) is 0.509. The number of nitrogens with one attached hydrogen (secondary N) is 1. The number of rotatable bonds is 4. The summed E-state index contributed by atoms with van der Waals surface area (Å²) in [5.41, 5.74) is 4.49. The van der Waals surface area contributed by atoms with Crippen molar-refractivity contribution < 1.29 is 4.79 Å². The Morgan fingerprint density at radius 2 is 1.76 bits per heavy atom. The molecule has 0 saturated carbocycles. The number of tetrazole rings is 1. The van der Waals surface area contributed by atoms with Gasteiger partial charge in [-0.05, 0) is 65.9 Å². The molecule has 0 atom stereocenters. The molecule has 5 rings (SSSR count). The SMILES string of the molecule is CCn1c2ccccc2c2cc(NC(=O)c3ccc(-n4cnnn4)cc3)ccc21. The second kappa shape index (κ2) is 6.87. The Kier molecular flexibility index (Phi) is 4.05.